The van der Waals surface area contributed by atoms with Gasteiger partial charge in [0.2, 0.25) is 0 Å². The van der Waals surface area contributed by atoms with Gasteiger partial charge in [-0.3, -0.25) is 4.79 Å². The lowest BCUT2D eigenvalue weighted by atomic mass is 10.0. The average molecular weight is 344 g/mol. The maximum Gasteiger partial charge on any atom is 0.416 e. The second-order valence-electron chi connectivity index (χ2n) is 4.79. The third-order valence-electron chi connectivity index (χ3n) is 3.20. The lowest BCUT2D eigenvalue weighted by Gasteiger charge is -2.18. The first-order chi connectivity index (χ1) is 10.8. The van der Waals surface area contributed by atoms with Crippen LogP contribution in [0.2, 0.25) is 5.02 Å². The summed E-state index contributed by atoms with van der Waals surface area (Å²) in [6.07, 6.45) is -6.07. The van der Waals surface area contributed by atoms with E-state index in [1.54, 1.807) is 12.1 Å². The van der Waals surface area contributed by atoms with Gasteiger partial charge in [0.05, 0.1) is 22.3 Å². The third-order valence-corrected chi connectivity index (χ3v) is 3.53. The monoisotopic (exact) mass is 343 g/mol. The zero-order valence-corrected chi connectivity index (χ0v) is 12.5. The highest BCUT2D eigenvalue weighted by Gasteiger charge is 2.34. The Morgan fingerprint density at radius 3 is 2.39 bits per heavy atom. The van der Waals surface area contributed by atoms with Gasteiger partial charge >= 0.3 is 6.18 Å². The third kappa shape index (κ3) is 4.24. The number of benzene rings is 2. The first kappa shape index (κ1) is 17.3. The molecular formula is C16H13ClF3NO2. The van der Waals surface area contributed by atoms with Crippen molar-refractivity contribution in [3.63, 3.8) is 0 Å². The van der Waals surface area contributed by atoms with Crippen LogP contribution in [-0.4, -0.2) is 17.6 Å². The smallest absolute Gasteiger partial charge is 0.387 e. The first-order valence-electron chi connectivity index (χ1n) is 6.67. The molecular weight excluding hydrogens is 331 g/mol. The molecule has 7 heteroatoms. The van der Waals surface area contributed by atoms with E-state index in [0.29, 0.717) is 0 Å². The van der Waals surface area contributed by atoms with Gasteiger partial charge in [-0.2, -0.15) is 13.2 Å². The van der Waals surface area contributed by atoms with Crippen molar-refractivity contribution >= 4 is 17.5 Å². The summed E-state index contributed by atoms with van der Waals surface area (Å²) in [5.41, 5.74) is -1.04. The molecule has 0 radical (unpaired) electrons. The number of amides is 1. The summed E-state index contributed by atoms with van der Waals surface area (Å²) in [5.74, 6) is -0.570. The molecule has 0 aliphatic rings. The molecule has 0 aliphatic heterocycles. The second kappa shape index (κ2) is 7.02. The van der Waals surface area contributed by atoms with Crippen LogP contribution in [0.25, 0.3) is 0 Å². The Labute approximate surface area is 135 Å². The molecule has 0 unspecified atom stereocenters. The molecule has 0 fully saturated rings. The van der Waals surface area contributed by atoms with Crippen LogP contribution in [0.4, 0.5) is 13.2 Å². The van der Waals surface area contributed by atoms with Gasteiger partial charge in [-0.25, -0.2) is 0 Å². The number of aliphatic hydroxyl groups is 1. The Morgan fingerprint density at radius 1 is 1.13 bits per heavy atom. The van der Waals surface area contributed by atoms with Crippen LogP contribution < -0.4 is 5.32 Å². The number of aliphatic hydroxyl groups excluding tert-OH is 1. The molecule has 0 aromatic heterocycles. The molecule has 0 heterocycles. The van der Waals surface area contributed by atoms with Crippen molar-refractivity contribution in [1.82, 2.24) is 5.32 Å². The molecule has 0 bridgehead atoms. The fourth-order valence-electron chi connectivity index (χ4n) is 2.09. The van der Waals surface area contributed by atoms with Gasteiger partial charge in [0.15, 0.2) is 0 Å². The number of halogens is 4. The largest absolute Gasteiger partial charge is 0.416 e. The number of carbonyl (C=O) groups excluding carboxylic acids is 1. The van der Waals surface area contributed by atoms with Crippen LogP contribution in [-0.2, 0) is 6.18 Å². The van der Waals surface area contributed by atoms with Crippen LogP contribution in [0.1, 0.15) is 27.6 Å². The standard InChI is InChI=1S/C16H13ClF3NO2/c17-13-8-4-2-6-11(13)15(23)21-9-14(22)10-5-1-3-7-12(10)16(18,19)20/h1-8,14,22H,9H2,(H,21,23)/t14-/m1/s1. The quantitative estimate of drug-likeness (QED) is 0.886. The number of carbonyl (C=O) groups is 1. The van der Waals surface area contributed by atoms with Crippen LogP contribution in [0.3, 0.4) is 0 Å². The molecule has 2 aromatic carbocycles. The van der Waals surface area contributed by atoms with Crippen molar-refractivity contribution in [2.45, 2.75) is 12.3 Å². The highest BCUT2D eigenvalue weighted by atomic mass is 35.5. The molecule has 1 amide bonds. The molecule has 0 spiro atoms. The van der Waals surface area contributed by atoms with Crippen molar-refractivity contribution in [2.24, 2.45) is 0 Å². The highest BCUT2D eigenvalue weighted by molar-refractivity contribution is 6.33. The lowest BCUT2D eigenvalue weighted by Crippen LogP contribution is -2.29. The zero-order chi connectivity index (χ0) is 17.0. The van der Waals surface area contributed by atoms with Crippen LogP contribution in [0, 0.1) is 0 Å². The minimum atomic E-state index is -4.58. The number of hydrogen-bond acceptors (Lipinski definition) is 2. The Bertz CT molecular complexity index is 704. The van der Waals surface area contributed by atoms with E-state index in [4.69, 9.17) is 11.6 Å². The minimum Gasteiger partial charge on any atom is -0.387 e. The van der Waals surface area contributed by atoms with Gasteiger partial charge in [-0.1, -0.05) is 41.9 Å². The fraction of sp³-hybridized carbons (Fsp3) is 0.188. The molecule has 2 rings (SSSR count). The molecule has 23 heavy (non-hydrogen) atoms. The number of nitrogens with one attached hydrogen (secondary N) is 1. The molecule has 0 aliphatic carbocycles. The highest BCUT2D eigenvalue weighted by Crippen LogP contribution is 2.34. The normalized spacial score (nSPS) is 12.7. The lowest BCUT2D eigenvalue weighted by molar-refractivity contribution is -0.139. The summed E-state index contributed by atoms with van der Waals surface area (Å²) in [6.45, 7) is -0.364. The van der Waals surface area contributed by atoms with Crippen molar-refractivity contribution in [1.29, 1.82) is 0 Å². The molecule has 0 saturated heterocycles. The molecule has 0 saturated carbocycles. The summed E-state index contributed by atoms with van der Waals surface area (Å²) >= 11 is 5.86. The van der Waals surface area contributed by atoms with Crippen LogP contribution in [0.5, 0.6) is 0 Å². The topological polar surface area (TPSA) is 49.3 Å². The summed E-state index contributed by atoms with van der Waals surface area (Å²) in [7, 11) is 0. The maximum atomic E-state index is 12.9. The number of rotatable bonds is 4. The van der Waals surface area contributed by atoms with E-state index in [1.807, 2.05) is 0 Å². The SMILES string of the molecule is O=C(NC[C@@H](O)c1ccccc1C(F)(F)F)c1ccccc1Cl. The van der Waals surface area contributed by atoms with Gasteiger partial charge in [0.1, 0.15) is 0 Å². The number of alkyl halides is 3. The van der Waals surface area contributed by atoms with E-state index in [9.17, 15) is 23.1 Å². The van der Waals surface area contributed by atoms with Crippen molar-refractivity contribution in [2.75, 3.05) is 6.54 Å². The number of hydrogen-bond donors (Lipinski definition) is 2. The molecule has 1 atom stereocenters. The predicted octanol–water partition coefficient (Wildman–Crippen LogP) is 3.82. The maximum absolute atomic E-state index is 12.9. The zero-order valence-electron chi connectivity index (χ0n) is 11.8. The summed E-state index contributed by atoms with van der Waals surface area (Å²) in [5, 5.41) is 12.6. The summed E-state index contributed by atoms with van der Waals surface area (Å²) in [4.78, 5) is 12.0. The van der Waals surface area contributed by atoms with Gasteiger partial charge in [0.25, 0.3) is 5.91 Å². The Hall–Kier alpha value is -2.05. The fourth-order valence-corrected chi connectivity index (χ4v) is 2.31. The van der Waals surface area contributed by atoms with Crippen LogP contribution >= 0.6 is 11.6 Å². The van der Waals surface area contributed by atoms with Gasteiger partial charge in [-0.05, 0) is 23.8 Å². The van der Waals surface area contributed by atoms with Gasteiger partial charge in [-0.15, -0.1) is 0 Å². The Morgan fingerprint density at radius 2 is 1.74 bits per heavy atom. The van der Waals surface area contributed by atoms with E-state index in [0.717, 1.165) is 6.07 Å². The summed E-state index contributed by atoms with van der Waals surface area (Å²) < 4.78 is 38.7. The van der Waals surface area contributed by atoms with E-state index < -0.39 is 23.8 Å². The van der Waals surface area contributed by atoms with Gasteiger partial charge < -0.3 is 10.4 Å². The molecule has 2 aromatic rings. The summed E-state index contributed by atoms with van der Waals surface area (Å²) in [6, 6.07) is 10.9. The molecule has 2 N–H and O–H groups in total. The van der Waals surface area contributed by atoms with E-state index in [2.05, 4.69) is 5.32 Å². The second-order valence-corrected chi connectivity index (χ2v) is 5.20. The van der Waals surface area contributed by atoms with Crippen LogP contribution in [0.15, 0.2) is 48.5 Å². The van der Waals surface area contributed by atoms with E-state index in [1.165, 1.54) is 30.3 Å². The Balaban J connectivity index is 2.11. The first-order valence-corrected chi connectivity index (χ1v) is 7.05. The van der Waals surface area contributed by atoms with Crippen molar-refractivity contribution in [3.8, 4) is 0 Å². The minimum absolute atomic E-state index is 0.186. The average Bonchev–Trinajstić information content (AvgIpc) is 2.52. The molecule has 3 nitrogen and oxygen atoms in total. The molecule has 122 valence electrons. The van der Waals surface area contributed by atoms with E-state index in [-0.39, 0.29) is 22.7 Å². The van der Waals surface area contributed by atoms with E-state index >= 15 is 0 Å². The van der Waals surface area contributed by atoms with Gasteiger partial charge in [0, 0.05) is 6.54 Å². The Kier molecular flexibility index (Phi) is 5.28. The van der Waals surface area contributed by atoms with Crippen molar-refractivity contribution in [3.05, 3.63) is 70.2 Å². The van der Waals surface area contributed by atoms with Crippen molar-refractivity contribution < 1.29 is 23.1 Å². The predicted molar refractivity (Wildman–Crippen MR) is 80.2 cm³/mol.